The molecule has 0 bridgehead atoms. The number of sulfonamides is 1. The maximum atomic E-state index is 12.1. The van der Waals surface area contributed by atoms with Gasteiger partial charge >= 0.3 is 0 Å². The minimum absolute atomic E-state index is 0.0241. The number of rotatable bonds is 7. The average molecular weight is 341 g/mol. The van der Waals surface area contributed by atoms with Crippen LogP contribution in [0.15, 0.2) is 29.7 Å². The molecule has 22 heavy (non-hydrogen) atoms. The number of nitrogens with zero attached hydrogens (tertiary/aromatic N) is 2. The van der Waals surface area contributed by atoms with E-state index in [-0.39, 0.29) is 23.4 Å². The average Bonchev–Trinajstić information content (AvgIpc) is 3.07. The van der Waals surface area contributed by atoms with Gasteiger partial charge in [0.05, 0.1) is 11.2 Å². The first-order valence-electron chi connectivity index (χ1n) is 6.92. The Hall–Kier alpha value is -1.51. The summed E-state index contributed by atoms with van der Waals surface area (Å²) in [6, 6.07) is 3.78. The van der Waals surface area contributed by atoms with Crippen LogP contribution in [0.3, 0.4) is 0 Å². The Bertz CT molecular complexity index is 760. The van der Waals surface area contributed by atoms with Crippen LogP contribution in [0, 0.1) is 0 Å². The van der Waals surface area contributed by atoms with Crippen LogP contribution in [-0.2, 0) is 16.4 Å². The van der Waals surface area contributed by atoms with Gasteiger partial charge in [-0.15, -0.1) is 11.3 Å². The number of thiophene rings is 1. The van der Waals surface area contributed by atoms with E-state index in [1.165, 1.54) is 30.8 Å². The van der Waals surface area contributed by atoms with Gasteiger partial charge in [0.1, 0.15) is 0 Å². The molecule has 0 aromatic carbocycles. The third-order valence-corrected chi connectivity index (χ3v) is 5.71. The van der Waals surface area contributed by atoms with Crippen LogP contribution in [0.5, 0.6) is 0 Å². The molecule has 0 fully saturated rings. The molecule has 0 aliphatic carbocycles. The molecule has 0 saturated heterocycles. The van der Waals surface area contributed by atoms with Crippen molar-refractivity contribution in [2.75, 3.05) is 6.54 Å². The Morgan fingerprint density at radius 2 is 2.14 bits per heavy atom. The molecular weight excluding hydrogens is 322 g/mol. The number of hydrogen-bond donors (Lipinski definition) is 1. The lowest BCUT2D eigenvalue weighted by Gasteiger charge is -2.05. The van der Waals surface area contributed by atoms with Gasteiger partial charge in [-0.1, -0.05) is 0 Å². The summed E-state index contributed by atoms with van der Waals surface area (Å²) < 4.78 is 28.5. The highest BCUT2D eigenvalue weighted by atomic mass is 32.2. The molecule has 8 heteroatoms. The Morgan fingerprint density at radius 1 is 1.41 bits per heavy atom. The van der Waals surface area contributed by atoms with Gasteiger partial charge < -0.3 is 4.57 Å². The van der Waals surface area contributed by atoms with Gasteiger partial charge in [-0.2, -0.15) is 0 Å². The molecule has 2 aromatic rings. The van der Waals surface area contributed by atoms with Crippen molar-refractivity contribution < 1.29 is 13.2 Å². The molecule has 0 aliphatic rings. The van der Waals surface area contributed by atoms with Gasteiger partial charge in [-0.25, -0.2) is 18.1 Å². The molecule has 0 atom stereocenters. The Labute approximate surface area is 134 Å². The second kappa shape index (κ2) is 6.72. The molecule has 6 nitrogen and oxygen atoms in total. The van der Waals surface area contributed by atoms with Crippen LogP contribution in [0.25, 0.3) is 0 Å². The molecule has 0 saturated carbocycles. The predicted octanol–water partition coefficient (Wildman–Crippen LogP) is 2.25. The van der Waals surface area contributed by atoms with Crippen LogP contribution < -0.4 is 4.72 Å². The Balaban J connectivity index is 1.95. The van der Waals surface area contributed by atoms with E-state index in [2.05, 4.69) is 9.71 Å². The van der Waals surface area contributed by atoms with E-state index >= 15 is 0 Å². The van der Waals surface area contributed by atoms with Crippen LogP contribution in [0.1, 0.15) is 41.4 Å². The minimum atomic E-state index is -3.60. The second-order valence-corrected chi connectivity index (χ2v) is 8.10. The highest BCUT2D eigenvalue weighted by Crippen LogP contribution is 2.17. The van der Waals surface area contributed by atoms with Crippen molar-refractivity contribution in [3.63, 3.8) is 0 Å². The highest BCUT2D eigenvalue weighted by molar-refractivity contribution is 7.89. The van der Waals surface area contributed by atoms with Crippen molar-refractivity contribution in [1.29, 1.82) is 0 Å². The third-order valence-electron chi connectivity index (χ3n) is 3.12. The summed E-state index contributed by atoms with van der Waals surface area (Å²) in [4.78, 5) is 16.8. The van der Waals surface area contributed by atoms with E-state index in [1.54, 1.807) is 10.6 Å². The summed E-state index contributed by atoms with van der Waals surface area (Å²) in [6.07, 6.45) is 3.58. The molecule has 0 spiro atoms. The van der Waals surface area contributed by atoms with Gasteiger partial charge in [0, 0.05) is 23.7 Å². The maximum Gasteiger partial charge on any atom is 0.259 e. The van der Waals surface area contributed by atoms with Crippen molar-refractivity contribution in [3.8, 4) is 0 Å². The fourth-order valence-corrected chi connectivity index (χ4v) is 3.69. The third kappa shape index (κ3) is 4.02. The van der Waals surface area contributed by atoms with Crippen LogP contribution in [-0.4, -0.2) is 30.3 Å². The lowest BCUT2D eigenvalue weighted by atomic mass is 10.3. The SMILES string of the molecule is CC(=O)c1ccc(CCNS(=O)(=O)c2cn(C(C)C)cn2)s1. The standard InChI is InChI=1S/C14H19N3O3S2/c1-10(2)17-8-14(15-9-17)22(19,20)16-7-6-12-4-5-13(21-12)11(3)18/h4-5,8-10,16H,6-7H2,1-3H3. The summed E-state index contributed by atoms with van der Waals surface area (Å²) in [5, 5.41) is 0.0248. The van der Waals surface area contributed by atoms with Crippen LogP contribution in [0.4, 0.5) is 0 Å². The summed E-state index contributed by atoms with van der Waals surface area (Å²) in [5.74, 6) is 0.0241. The van der Waals surface area contributed by atoms with Gasteiger partial charge in [-0.3, -0.25) is 4.79 Å². The maximum absolute atomic E-state index is 12.1. The van der Waals surface area contributed by atoms with Gasteiger partial charge in [-0.05, 0) is 39.3 Å². The van der Waals surface area contributed by atoms with E-state index in [9.17, 15) is 13.2 Å². The first-order valence-corrected chi connectivity index (χ1v) is 9.22. The first kappa shape index (κ1) is 16.9. The van der Waals surface area contributed by atoms with E-state index in [0.29, 0.717) is 11.3 Å². The van der Waals surface area contributed by atoms with Crippen molar-refractivity contribution in [3.05, 3.63) is 34.4 Å². The number of aromatic nitrogens is 2. The van der Waals surface area contributed by atoms with Crippen molar-refractivity contribution in [1.82, 2.24) is 14.3 Å². The molecule has 2 rings (SSSR count). The van der Waals surface area contributed by atoms with E-state index in [0.717, 1.165) is 4.88 Å². The molecule has 120 valence electrons. The summed E-state index contributed by atoms with van der Waals surface area (Å²) in [6.45, 7) is 5.70. The largest absolute Gasteiger partial charge is 0.334 e. The van der Waals surface area contributed by atoms with Crippen LogP contribution in [0.2, 0.25) is 0 Å². The smallest absolute Gasteiger partial charge is 0.259 e. The number of ketones is 1. The number of carbonyl (C=O) groups excluding carboxylic acids is 1. The van der Waals surface area contributed by atoms with Crippen molar-refractivity contribution >= 4 is 27.1 Å². The predicted molar refractivity (Wildman–Crippen MR) is 85.8 cm³/mol. The Kier molecular flexibility index (Phi) is 5.15. The van der Waals surface area contributed by atoms with E-state index < -0.39 is 10.0 Å². The lowest BCUT2D eigenvalue weighted by molar-refractivity contribution is 0.102. The fourth-order valence-electron chi connectivity index (χ4n) is 1.82. The molecule has 0 aliphatic heterocycles. The second-order valence-electron chi connectivity index (χ2n) is 5.22. The zero-order valence-corrected chi connectivity index (χ0v) is 14.4. The summed E-state index contributed by atoms with van der Waals surface area (Å²) in [7, 11) is -3.60. The number of nitrogens with one attached hydrogen (secondary N) is 1. The minimum Gasteiger partial charge on any atom is -0.334 e. The van der Waals surface area contributed by atoms with Gasteiger partial charge in [0.15, 0.2) is 10.8 Å². The van der Waals surface area contributed by atoms with E-state index in [4.69, 9.17) is 0 Å². The number of imidazole rings is 1. The normalized spacial score (nSPS) is 12.0. The monoisotopic (exact) mass is 341 g/mol. The topological polar surface area (TPSA) is 81.1 Å². The number of carbonyl (C=O) groups is 1. The Morgan fingerprint density at radius 3 is 2.68 bits per heavy atom. The van der Waals surface area contributed by atoms with E-state index in [1.807, 2.05) is 19.9 Å². The lowest BCUT2D eigenvalue weighted by Crippen LogP contribution is -2.26. The molecule has 0 amide bonds. The molecule has 0 unspecified atom stereocenters. The van der Waals surface area contributed by atoms with Crippen molar-refractivity contribution in [2.45, 2.75) is 38.3 Å². The highest BCUT2D eigenvalue weighted by Gasteiger charge is 2.17. The zero-order valence-electron chi connectivity index (χ0n) is 12.7. The zero-order chi connectivity index (χ0) is 16.3. The number of hydrogen-bond acceptors (Lipinski definition) is 5. The van der Waals surface area contributed by atoms with Gasteiger partial charge in [0.2, 0.25) is 0 Å². The summed E-state index contributed by atoms with van der Waals surface area (Å²) in [5.41, 5.74) is 0. The van der Waals surface area contributed by atoms with Crippen LogP contribution >= 0.6 is 11.3 Å². The van der Waals surface area contributed by atoms with Crippen molar-refractivity contribution in [2.24, 2.45) is 0 Å². The summed E-state index contributed by atoms with van der Waals surface area (Å²) >= 11 is 1.39. The van der Waals surface area contributed by atoms with Gasteiger partial charge in [0.25, 0.3) is 10.0 Å². The quantitative estimate of drug-likeness (QED) is 0.783. The molecule has 0 radical (unpaired) electrons. The molecule has 1 N–H and O–H groups in total. The molecule has 2 aromatic heterocycles. The molecular formula is C14H19N3O3S2. The first-order chi connectivity index (χ1) is 10.3. The fraction of sp³-hybridized carbons (Fsp3) is 0.429. The number of Topliss-reactive ketones (excluding diaryl/α,β-unsaturated/α-hetero) is 1. The molecule has 2 heterocycles.